The summed E-state index contributed by atoms with van der Waals surface area (Å²) in [6, 6.07) is 30.2. The second-order valence-corrected chi connectivity index (χ2v) is 12.4. The second-order valence-electron chi connectivity index (χ2n) is 12.4. The minimum atomic E-state index is -4.54. The summed E-state index contributed by atoms with van der Waals surface area (Å²) in [6.45, 7) is 5.72. The van der Waals surface area contributed by atoms with Crippen molar-refractivity contribution in [2.75, 3.05) is 31.1 Å². The lowest BCUT2D eigenvalue weighted by Gasteiger charge is -2.48. The number of rotatable bonds is 12. The molecule has 6 rings (SSSR count). The lowest BCUT2D eigenvalue weighted by Crippen LogP contribution is -2.63. The highest BCUT2D eigenvalue weighted by Crippen LogP contribution is 2.37. The molecule has 2 aliphatic heterocycles. The Kier molecular flexibility index (Phi) is 10.8. The van der Waals surface area contributed by atoms with E-state index in [1.807, 2.05) is 91.0 Å². The van der Waals surface area contributed by atoms with Gasteiger partial charge in [0.15, 0.2) is 5.69 Å². The fourth-order valence-electron chi connectivity index (χ4n) is 6.63. The van der Waals surface area contributed by atoms with Crippen LogP contribution in [-0.4, -0.2) is 65.4 Å². The van der Waals surface area contributed by atoms with Crippen LogP contribution in [0.4, 0.5) is 18.9 Å². The number of hydrogen-bond donors (Lipinski definition) is 0. The monoisotopic (exact) mass is 646 g/mol. The maximum Gasteiger partial charge on any atom is 0.435 e. The molecule has 0 aliphatic carbocycles. The molecule has 2 fully saturated rings. The van der Waals surface area contributed by atoms with Crippen LogP contribution in [0.2, 0.25) is 0 Å². The fourth-order valence-corrected chi connectivity index (χ4v) is 6.63. The Balaban J connectivity index is 1.22. The van der Waals surface area contributed by atoms with Crippen LogP contribution in [0.5, 0.6) is 0 Å². The minimum absolute atomic E-state index is 0.0316. The van der Waals surface area contributed by atoms with Gasteiger partial charge >= 0.3 is 6.18 Å². The molecule has 1 aromatic heterocycles. The first kappa shape index (κ1) is 33.1. The molecule has 4 aromatic rings. The van der Waals surface area contributed by atoms with E-state index in [0.29, 0.717) is 46.0 Å². The molecular weight excluding hydrogens is 605 g/mol. The normalized spacial score (nSPS) is 23.7. The summed E-state index contributed by atoms with van der Waals surface area (Å²) in [7, 11) is 0. The molecule has 0 bridgehead atoms. The summed E-state index contributed by atoms with van der Waals surface area (Å²) < 4.78 is 61.2. The zero-order chi connectivity index (χ0) is 32.6. The Hall–Kier alpha value is -3.83. The molecule has 0 saturated carbocycles. The van der Waals surface area contributed by atoms with Crippen molar-refractivity contribution < 1.29 is 27.4 Å². The van der Waals surface area contributed by atoms with Crippen molar-refractivity contribution in [2.45, 2.75) is 63.7 Å². The molecule has 2 saturated heterocycles. The first-order chi connectivity index (χ1) is 22.8. The first-order valence-electron chi connectivity index (χ1n) is 16.2. The van der Waals surface area contributed by atoms with E-state index in [2.05, 4.69) is 21.8 Å². The van der Waals surface area contributed by atoms with Crippen LogP contribution in [0, 0.1) is 5.92 Å². The molecule has 7 nitrogen and oxygen atoms in total. The summed E-state index contributed by atoms with van der Waals surface area (Å²) in [6.07, 6.45) is -2.51. The van der Waals surface area contributed by atoms with Gasteiger partial charge in [-0.15, -0.1) is 0 Å². The average Bonchev–Trinajstić information content (AvgIpc) is 3.56. The number of benzene rings is 3. The number of halogens is 3. The Morgan fingerprint density at radius 3 is 1.87 bits per heavy atom. The van der Waals surface area contributed by atoms with Gasteiger partial charge in [-0.2, -0.15) is 13.2 Å². The van der Waals surface area contributed by atoms with Crippen LogP contribution in [0.3, 0.4) is 0 Å². The van der Waals surface area contributed by atoms with Gasteiger partial charge in [-0.1, -0.05) is 91.0 Å². The first-order valence-corrected chi connectivity index (χ1v) is 16.2. The molecule has 3 aromatic carbocycles. The molecule has 0 N–H and O–H groups in total. The molecule has 3 heterocycles. The zero-order valence-electron chi connectivity index (χ0n) is 26.5. The van der Waals surface area contributed by atoms with E-state index < -0.39 is 11.9 Å². The van der Waals surface area contributed by atoms with Crippen molar-refractivity contribution >= 4 is 5.69 Å². The summed E-state index contributed by atoms with van der Waals surface area (Å²) in [5.41, 5.74) is 2.36. The maximum atomic E-state index is 13.7. The van der Waals surface area contributed by atoms with Gasteiger partial charge in [0, 0.05) is 32.2 Å². The van der Waals surface area contributed by atoms with Crippen molar-refractivity contribution in [3.63, 3.8) is 0 Å². The number of hydrogen-bond acceptors (Lipinski definition) is 7. The Labute approximate surface area is 274 Å². The molecule has 0 amide bonds. The van der Waals surface area contributed by atoms with Gasteiger partial charge in [-0.3, -0.25) is 4.90 Å². The van der Waals surface area contributed by atoms with Gasteiger partial charge in [0.2, 0.25) is 0 Å². The molecule has 5 atom stereocenters. The van der Waals surface area contributed by atoms with E-state index in [9.17, 15) is 13.2 Å². The largest absolute Gasteiger partial charge is 0.435 e. The standard InChI is InChI=1S/C37H41F3N4O3/c1-27-34(46-24-29-13-7-3-8-14-29)35(47-25-30-15-9-4-10-16-30)33(45-23-28-11-5-2-6-12-28)22-44(27)21-31-17-18-43(20-31)32-19-41-26-42-36(32)37(38,39)40/h2-16,19,26-27,31,33-35H,17-18,20-25H2,1H3/t27-,31+,33+,34-,35-/m1/s1. The zero-order valence-corrected chi connectivity index (χ0v) is 26.5. The Morgan fingerprint density at radius 2 is 1.30 bits per heavy atom. The summed E-state index contributed by atoms with van der Waals surface area (Å²) >= 11 is 0. The lowest BCUT2D eigenvalue weighted by atomic mass is 9.92. The van der Waals surface area contributed by atoms with Crippen molar-refractivity contribution in [1.29, 1.82) is 0 Å². The van der Waals surface area contributed by atoms with E-state index in [1.54, 1.807) is 4.90 Å². The fraction of sp³-hybridized carbons (Fsp3) is 0.405. The van der Waals surface area contributed by atoms with Crippen molar-refractivity contribution in [1.82, 2.24) is 14.9 Å². The molecule has 0 spiro atoms. The van der Waals surface area contributed by atoms with Crippen molar-refractivity contribution in [3.8, 4) is 0 Å². The van der Waals surface area contributed by atoms with E-state index in [1.165, 1.54) is 6.20 Å². The van der Waals surface area contributed by atoms with E-state index >= 15 is 0 Å². The van der Waals surface area contributed by atoms with Crippen LogP contribution in [-0.2, 0) is 40.2 Å². The molecule has 0 unspecified atom stereocenters. The predicted octanol–water partition coefficient (Wildman–Crippen LogP) is 6.78. The molecular formula is C37H41F3N4O3. The van der Waals surface area contributed by atoms with Gasteiger partial charge in [0.05, 0.1) is 37.8 Å². The number of alkyl halides is 3. The van der Waals surface area contributed by atoms with Crippen LogP contribution >= 0.6 is 0 Å². The third-order valence-electron chi connectivity index (χ3n) is 9.11. The smallest absolute Gasteiger partial charge is 0.369 e. The number of aromatic nitrogens is 2. The highest BCUT2D eigenvalue weighted by atomic mass is 19.4. The third-order valence-corrected chi connectivity index (χ3v) is 9.11. The highest BCUT2D eigenvalue weighted by Gasteiger charge is 2.45. The SMILES string of the molecule is C[C@@H]1[C@@H](OCc2ccccc2)[C@H](OCc2ccccc2)[C@@H](OCc2ccccc2)CN1C[C@H]1CCN(c2cncnc2C(F)(F)F)C1. The van der Waals surface area contributed by atoms with Gasteiger partial charge < -0.3 is 19.1 Å². The van der Waals surface area contributed by atoms with Crippen LogP contribution < -0.4 is 4.90 Å². The lowest BCUT2D eigenvalue weighted by molar-refractivity contribution is -0.201. The number of ether oxygens (including phenoxy) is 3. The summed E-state index contributed by atoms with van der Waals surface area (Å²) in [5, 5.41) is 0. The van der Waals surface area contributed by atoms with Gasteiger partial charge in [0.1, 0.15) is 18.5 Å². The van der Waals surface area contributed by atoms with Crippen LogP contribution in [0.25, 0.3) is 0 Å². The Bertz CT molecular complexity index is 1530. The predicted molar refractivity (Wildman–Crippen MR) is 173 cm³/mol. The minimum Gasteiger partial charge on any atom is -0.369 e. The molecule has 248 valence electrons. The summed E-state index contributed by atoms with van der Waals surface area (Å²) in [4.78, 5) is 11.6. The third kappa shape index (κ3) is 8.56. The molecule has 0 radical (unpaired) electrons. The Morgan fingerprint density at radius 1 is 0.745 bits per heavy atom. The highest BCUT2D eigenvalue weighted by molar-refractivity contribution is 5.50. The quantitative estimate of drug-likeness (QED) is 0.168. The number of piperidine rings is 1. The summed E-state index contributed by atoms with van der Waals surface area (Å²) in [5.74, 6) is 0.144. The van der Waals surface area contributed by atoms with Crippen molar-refractivity contribution in [3.05, 3.63) is 126 Å². The molecule has 47 heavy (non-hydrogen) atoms. The van der Waals surface area contributed by atoms with Gasteiger partial charge in [-0.25, -0.2) is 9.97 Å². The van der Waals surface area contributed by atoms with Crippen LogP contribution in [0.15, 0.2) is 104 Å². The molecule has 10 heteroatoms. The van der Waals surface area contributed by atoms with Crippen molar-refractivity contribution in [2.24, 2.45) is 5.92 Å². The van der Waals surface area contributed by atoms with Gasteiger partial charge in [0.25, 0.3) is 0 Å². The molecule has 2 aliphatic rings. The average molecular weight is 647 g/mol. The van der Waals surface area contributed by atoms with Gasteiger partial charge in [-0.05, 0) is 36.0 Å². The second kappa shape index (κ2) is 15.4. The number of likely N-dealkylation sites (tertiary alicyclic amines) is 1. The topological polar surface area (TPSA) is 60.0 Å². The van der Waals surface area contributed by atoms with E-state index in [4.69, 9.17) is 14.2 Å². The van der Waals surface area contributed by atoms with Crippen LogP contribution in [0.1, 0.15) is 35.7 Å². The number of anilines is 1. The van der Waals surface area contributed by atoms with E-state index in [-0.39, 0.29) is 36.0 Å². The van der Waals surface area contributed by atoms with E-state index in [0.717, 1.165) is 29.4 Å². The maximum absolute atomic E-state index is 13.7. The number of nitrogens with zero attached hydrogens (tertiary/aromatic N) is 4.